The fourth-order valence-electron chi connectivity index (χ4n) is 2.45. The molecule has 0 aliphatic rings. The van der Waals surface area contributed by atoms with Crippen LogP contribution in [-0.4, -0.2) is 23.9 Å². The molecule has 0 aliphatic carbocycles. The highest BCUT2D eigenvalue weighted by atomic mass is 35.5. The number of nitrogens with zero attached hydrogens (tertiary/aromatic N) is 1. The number of carbonyl (C=O) groups is 1. The molecule has 146 valence electrons. The average Bonchev–Trinajstić information content (AvgIpc) is 2.65. The third kappa shape index (κ3) is 7.64. The Morgan fingerprint density at radius 3 is 2.48 bits per heavy atom. The summed E-state index contributed by atoms with van der Waals surface area (Å²) < 4.78 is 0. The third-order valence-corrected chi connectivity index (χ3v) is 3.84. The number of carbonyl (C=O) groups excluding carboxylic acids is 1. The van der Waals surface area contributed by atoms with E-state index in [9.17, 15) is 14.9 Å². The highest BCUT2D eigenvalue weighted by Gasteiger charge is 2.07. The average molecular weight is 393 g/mol. The van der Waals surface area contributed by atoms with Crippen molar-refractivity contribution in [3.8, 4) is 0 Å². The maximum atomic E-state index is 12.1. The molecule has 0 atom stereocenters. The van der Waals surface area contributed by atoms with Gasteiger partial charge in [0, 0.05) is 43.0 Å². The Morgan fingerprint density at radius 2 is 1.81 bits per heavy atom. The van der Waals surface area contributed by atoms with E-state index in [0.717, 1.165) is 23.5 Å². The van der Waals surface area contributed by atoms with Crippen LogP contribution in [0.2, 0.25) is 0 Å². The first-order chi connectivity index (χ1) is 12.6. The lowest BCUT2D eigenvalue weighted by molar-refractivity contribution is -0.384. The summed E-state index contributed by atoms with van der Waals surface area (Å²) in [7, 11) is 0. The SMILES string of the molecule is CCNCc1ccccc1NC(=O)CCCNc1ccc([N+](=O)[O-])cc1.Cl. The quantitative estimate of drug-likeness (QED) is 0.323. The van der Waals surface area contributed by atoms with Crippen LogP contribution in [0.3, 0.4) is 0 Å². The second-order valence-corrected chi connectivity index (χ2v) is 5.82. The number of nitro groups is 1. The van der Waals surface area contributed by atoms with Crippen molar-refractivity contribution in [1.82, 2.24) is 5.32 Å². The molecule has 0 aromatic heterocycles. The Bertz CT molecular complexity index is 738. The molecule has 0 unspecified atom stereocenters. The minimum absolute atomic E-state index is 0. The first-order valence-electron chi connectivity index (χ1n) is 8.67. The number of nitrogens with one attached hydrogen (secondary N) is 3. The summed E-state index contributed by atoms with van der Waals surface area (Å²) in [6, 6.07) is 14.0. The van der Waals surface area contributed by atoms with E-state index in [1.54, 1.807) is 12.1 Å². The van der Waals surface area contributed by atoms with Gasteiger partial charge in [-0.3, -0.25) is 14.9 Å². The number of halogens is 1. The van der Waals surface area contributed by atoms with Crippen LogP contribution in [0.15, 0.2) is 48.5 Å². The van der Waals surface area contributed by atoms with Crippen molar-refractivity contribution in [3.05, 3.63) is 64.2 Å². The smallest absolute Gasteiger partial charge is 0.269 e. The number of hydrogen-bond donors (Lipinski definition) is 3. The molecule has 0 saturated carbocycles. The van der Waals surface area contributed by atoms with Crippen molar-refractivity contribution in [2.45, 2.75) is 26.3 Å². The van der Waals surface area contributed by atoms with Gasteiger partial charge in [-0.1, -0.05) is 25.1 Å². The zero-order valence-corrected chi connectivity index (χ0v) is 16.1. The lowest BCUT2D eigenvalue weighted by Crippen LogP contribution is -2.17. The van der Waals surface area contributed by atoms with Gasteiger partial charge in [-0.05, 0) is 36.7 Å². The van der Waals surface area contributed by atoms with Crippen molar-refractivity contribution in [2.24, 2.45) is 0 Å². The van der Waals surface area contributed by atoms with Gasteiger partial charge in [-0.15, -0.1) is 12.4 Å². The van der Waals surface area contributed by atoms with E-state index in [1.807, 2.05) is 31.2 Å². The number of anilines is 2. The van der Waals surface area contributed by atoms with E-state index in [2.05, 4.69) is 16.0 Å². The standard InChI is InChI=1S/C19H24N4O3.ClH/c1-2-20-14-15-6-3-4-7-18(15)22-19(24)8-5-13-21-16-9-11-17(12-10-16)23(25)26;/h3-4,6-7,9-12,20-21H,2,5,8,13-14H2,1H3,(H,22,24);1H. The minimum atomic E-state index is -0.429. The summed E-state index contributed by atoms with van der Waals surface area (Å²) in [6.07, 6.45) is 1.06. The summed E-state index contributed by atoms with van der Waals surface area (Å²) in [5, 5.41) is 20.0. The van der Waals surface area contributed by atoms with Crippen molar-refractivity contribution in [3.63, 3.8) is 0 Å². The molecule has 2 aromatic rings. The number of benzene rings is 2. The van der Waals surface area contributed by atoms with Crippen LogP contribution >= 0.6 is 12.4 Å². The number of para-hydroxylation sites is 1. The van der Waals surface area contributed by atoms with Crippen LogP contribution < -0.4 is 16.0 Å². The van der Waals surface area contributed by atoms with E-state index in [-0.39, 0.29) is 24.0 Å². The van der Waals surface area contributed by atoms with Gasteiger partial charge in [0.25, 0.3) is 5.69 Å². The fourth-order valence-corrected chi connectivity index (χ4v) is 2.45. The largest absolute Gasteiger partial charge is 0.385 e. The maximum absolute atomic E-state index is 12.1. The van der Waals surface area contributed by atoms with Gasteiger partial charge in [0.2, 0.25) is 5.91 Å². The van der Waals surface area contributed by atoms with Crippen LogP contribution in [-0.2, 0) is 11.3 Å². The molecule has 0 spiro atoms. The van der Waals surface area contributed by atoms with Gasteiger partial charge < -0.3 is 16.0 Å². The first-order valence-corrected chi connectivity index (χ1v) is 8.67. The predicted octanol–water partition coefficient (Wildman–Crippen LogP) is 3.96. The summed E-state index contributed by atoms with van der Waals surface area (Å²) >= 11 is 0. The lowest BCUT2D eigenvalue weighted by atomic mass is 10.1. The van der Waals surface area contributed by atoms with Crippen LogP contribution in [0.4, 0.5) is 17.1 Å². The summed E-state index contributed by atoms with van der Waals surface area (Å²) in [6.45, 7) is 4.24. The Morgan fingerprint density at radius 1 is 1.11 bits per heavy atom. The number of non-ortho nitro benzene ring substituents is 1. The third-order valence-electron chi connectivity index (χ3n) is 3.84. The fraction of sp³-hybridized carbons (Fsp3) is 0.316. The molecule has 0 heterocycles. The van der Waals surface area contributed by atoms with Gasteiger partial charge >= 0.3 is 0 Å². The zero-order chi connectivity index (χ0) is 18.8. The molecule has 7 nitrogen and oxygen atoms in total. The molecule has 0 radical (unpaired) electrons. The van der Waals surface area contributed by atoms with Crippen molar-refractivity contribution < 1.29 is 9.72 Å². The summed E-state index contributed by atoms with van der Waals surface area (Å²) in [5.74, 6) is -0.0283. The molecular weight excluding hydrogens is 368 g/mol. The molecule has 8 heteroatoms. The second-order valence-electron chi connectivity index (χ2n) is 5.82. The minimum Gasteiger partial charge on any atom is -0.385 e. The molecule has 1 amide bonds. The topological polar surface area (TPSA) is 96.3 Å². The Hall–Kier alpha value is -2.64. The van der Waals surface area contributed by atoms with Gasteiger partial charge in [-0.2, -0.15) is 0 Å². The lowest BCUT2D eigenvalue weighted by Gasteiger charge is -2.11. The molecule has 27 heavy (non-hydrogen) atoms. The highest BCUT2D eigenvalue weighted by Crippen LogP contribution is 2.16. The van der Waals surface area contributed by atoms with E-state index in [0.29, 0.717) is 25.9 Å². The normalized spacial score (nSPS) is 9.96. The number of rotatable bonds is 10. The number of hydrogen-bond acceptors (Lipinski definition) is 5. The summed E-state index contributed by atoms with van der Waals surface area (Å²) in [4.78, 5) is 22.3. The Labute approximate surface area is 165 Å². The highest BCUT2D eigenvalue weighted by molar-refractivity contribution is 5.91. The number of amides is 1. The molecule has 0 fully saturated rings. The zero-order valence-electron chi connectivity index (χ0n) is 15.2. The molecular formula is C19H25ClN4O3. The predicted molar refractivity (Wildman–Crippen MR) is 111 cm³/mol. The molecule has 2 aromatic carbocycles. The van der Waals surface area contributed by atoms with Crippen molar-refractivity contribution >= 4 is 35.4 Å². The van der Waals surface area contributed by atoms with E-state index in [4.69, 9.17) is 0 Å². The molecule has 3 N–H and O–H groups in total. The molecule has 0 aliphatic heterocycles. The van der Waals surface area contributed by atoms with Crippen molar-refractivity contribution in [2.75, 3.05) is 23.7 Å². The number of nitro benzene ring substituents is 1. The molecule has 0 saturated heterocycles. The van der Waals surface area contributed by atoms with Crippen LogP contribution in [0.25, 0.3) is 0 Å². The Kier molecular flexibility index (Phi) is 9.85. The maximum Gasteiger partial charge on any atom is 0.269 e. The summed E-state index contributed by atoms with van der Waals surface area (Å²) in [5.41, 5.74) is 2.76. The molecule has 0 bridgehead atoms. The first kappa shape index (κ1) is 22.4. The van der Waals surface area contributed by atoms with Crippen LogP contribution in [0, 0.1) is 10.1 Å². The van der Waals surface area contributed by atoms with Gasteiger partial charge in [0.15, 0.2) is 0 Å². The van der Waals surface area contributed by atoms with Gasteiger partial charge in [0.1, 0.15) is 0 Å². The van der Waals surface area contributed by atoms with Crippen molar-refractivity contribution in [1.29, 1.82) is 0 Å². The van der Waals surface area contributed by atoms with Gasteiger partial charge in [0.05, 0.1) is 4.92 Å². The molecule has 2 rings (SSSR count). The van der Waals surface area contributed by atoms with Crippen LogP contribution in [0.5, 0.6) is 0 Å². The van der Waals surface area contributed by atoms with E-state index in [1.165, 1.54) is 12.1 Å². The van der Waals surface area contributed by atoms with Crippen LogP contribution in [0.1, 0.15) is 25.3 Å². The van der Waals surface area contributed by atoms with E-state index < -0.39 is 4.92 Å². The second kappa shape index (κ2) is 11.9. The Balaban J connectivity index is 0.00000364. The monoisotopic (exact) mass is 392 g/mol. The van der Waals surface area contributed by atoms with E-state index >= 15 is 0 Å². The van der Waals surface area contributed by atoms with Gasteiger partial charge in [-0.25, -0.2) is 0 Å².